The number of halogens is 1. The van der Waals surface area contributed by atoms with Crippen molar-refractivity contribution in [2.24, 2.45) is 5.92 Å². The van der Waals surface area contributed by atoms with E-state index in [1.54, 1.807) is 29.2 Å². The molecule has 0 unspecified atom stereocenters. The lowest BCUT2D eigenvalue weighted by Crippen LogP contribution is -2.29. The first-order valence-corrected chi connectivity index (χ1v) is 11.9. The van der Waals surface area contributed by atoms with Crippen LogP contribution in [-0.2, 0) is 21.2 Å². The van der Waals surface area contributed by atoms with Gasteiger partial charge < -0.3 is 5.32 Å². The van der Waals surface area contributed by atoms with Crippen LogP contribution >= 0.6 is 0 Å². The molecule has 1 atom stereocenters. The Kier molecular flexibility index (Phi) is 6.13. The first-order chi connectivity index (χ1) is 14.9. The summed E-state index contributed by atoms with van der Waals surface area (Å²) in [5.74, 6) is -0.319. The fourth-order valence-corrected chi connectivity index (χ4v) is 5.63. The van der Waals surface area contributed by atoms with E-state index in [2.05, 4.69) is 15.4 Å². The topological polar surface area (TPSA) is 94.0 Å². The van der Waals surface area contributed by atoms with Crippen molar-refractivity contribution in [2.45, 2.75) is 19.4 Å². The molecular weight excluding hydrogens is 419 g/mol. The molecular formula is C22H23FN4O3S. The molecule has 0 radical (unpaired) electrons. The molecule has 1 aliphatic heterocycles. The second-order valence-corrected chi connectivity index (χ2v) is 9.94. The number of amides is 1. The molecule has 1 fully saturated rings. The van der Waals surface area contributed by atoms with Crippen molar-refractivity contribution in [3.63, 3.8) is 0 Å². The van der Waals surface area contributed by atoms with Crippen LogP contribution in [0.2, 0.25) is 0 Å². The number of hydrogen-bond acceptors (Lipinski definition) is 5. The molecule has 0 saturated carbocycles. The first kappa shape index (κ1) is 21.2. The van der Waals surface area contributed by atoms with E-state index in [-0.39, 0.29) is 35.6 Å². The van der Waals surface area contributed by atoms with E-state index in [9.17, 15) is 17.6 Å². The van der Waals surface area contributed by atoms with E-state index in [0.717, 1.165) is 16.8 Å². The Hall–Kier alpha value is -3.07. The Morgan fingerprint density at radius 3 is 2.68 bits per heavy atom. The molecule has 0 aliphatic carbocycles. The fraction of sp³-hybridized carbons (Fsp3) is 0.318. The zero-order valence-electron chi connectivity index (χ0n) is 16.9. The van der Waals surface area contributed by atoms with Gasteiger partial charge in [-0.05, 0) is 54.8 Å². The summed E-state index contributed by atoms with van der Waals surface area (Å²) in [6, 6.07) is 11.8. The largest absolute Gasteiger partial charge is 0.354 e. The Morgan fingerprint density at radius 1 is 1.19 bits per heavy atom. The van der Waals surface area contributed by atoms with Gasteiger partial charge >= 0.3 is 0 Å². The maximum Gasteiger partial charge on any atom is 0.220 e. The predicted octanol–water partition coefficient (Wildman–Crippen LogP) is 2.69. The van der Waals surface area contributed by atoms with Crippen molar-refractivity contribution < 1.29 is 17.6 Å². The first-order valence-electron chi connectivity index (χ1n) is 10.1. The SMILES string of the molecule is O=C(C[C@@H]1CCS(=O)(=O)C1)NCCn1nc(-c2ccc(F)cc2)cc1-c1cccnc1. The Bertz CT molecular complexity index is 1160. The third-order valence-electron chi connectivity index (χ3n) is 5.32. The van der Waals surface area contributed by atoms with Gasteiger partial charge in [-0.3, -0.25) is 14.5 Å². The van der Waals surface area contributed by atoms with Gasteiger partial charge in [0.15, 0.2) is 9.84 Å². The van der Waals surface area contributed by atoms with E-state index in [4.69, 9.17) is 0 Å². The van der Waals surface area contributed by atoms with E-state index < -0.39 is 9.84 Å². The lowest BCUT2D eigenvalue weighted by Gasteiger charge is -2.10. The number of carbonyl (C=O) groups excluding carboxylic acids is 1. The highest BCUT2D eigenvalue weighted by atomic mass is 32.2. The number of nitrogens with one attached hydrogen (secondary N) is 1. The predicted molar refractivity (Wildman–Crippen MR) is 115 cm³/mol. The summed E-state index contributed by atoms with van der Waals surface area (Å²) in [5, 5.41) is 7.50. The minimum atomic E-state index is -2.99. The third kappa shape index (κ3) is 5.35. The van der Waals surface area contributed by atoms with E-state index in [1.165, 1.54) is 12.1 Å². The minimum Gasteiger partial charge on any atom is -0.354 e. The van der Waals surface area contributed by atoms with Crippen LogP contribution in [0.15, 0.2) is 54.9 Å². The average molecular weight is 443 g/mol. The molecule has 4 rings (SSSR count). The third-order valence-corrected chi connectivity index (χ3v) is 7.16. The lowest BCUT2D eigenvalue weighted by molar-refractivity contribution is -0.121. The molecule has 1 aliphatic rings. The molecule has 1 amide bonds. The van der Waals surface area contributed by atoms with Crippen molar-refractivity contribution in [2.75, 3.05) is 18.1 Å². The van der Waals surface area contributed by atoms with Gasteiger partial charge in [-0.25, -0.2) is 12.8 Å². The molecule has 1 N–H and O–H groups in total. The van der Waals surface area contributed by atoms with E-state index >= 15 is 0 Å². The molecule has 1 aromatic carbocycles. The van der Waals surface area contributed by atoms with Crippen LogP contribution in [0, 0.1) is 11.7 Å². The van der Waals surface area contributed by atoms with Gasteiger partial charge in [0.25, 0.3) is 0 Å². The molecule has 7 nitrogen and oxygen atoms in total. The lowest BCUT2D eigenvalue weighted by atomic mass is 10.1. The molecule has 9 heteroatoms. The smallest absolute Gasteiger partial charge is 0.220 e. The Balaban J connectivity index is 1.45. The zero-order chi connectivity index (χ0) is 21.8. The van der Waals surface area contributed by atoms with Crippen LogP contribution in [0.5, 0.6) is 0 Å². The van der Waals surface area contributed by atoms with Gasteiger partial charge in [-0.1, -0.05) is 0 Å². The number of aromatic nitrogens is 3. The maximum atomic E-state index is 13.3. The van der Waals surface area contributed by atoms with Crippen LogP contribution in [0.25, 0.3) is 22.5 Å². The average Bonchev–Trinajstić information content (AvgIpc) is 3.32. The minimum absolute atomic E-state index is 0.0890. The van der Waals surface area contributed by atoms with Gasteiger partial charge in [0.2, 0.25) is 5.91 Å². The standard InChI is InChI=1S/C22H23FN4O3S/c23-19-5-3-17(4-6-19)20-13-21(18-2-1-8-24-14-18)27(26-20)10-9-25-22(28)12-16-7-11-31(29,30)15-16/h1-6,8,13-14,16H,7,9-12,15H2,(H,25,28)/t16-/m0/s1. The summed E-state index contributed by atoms with van der Waals surface area (Å²) in [6.07, 6.45) is 4.19. The highest BCUT2D eigenvalue weighted by molar-refractivity contribution is 7.91. The van der Waals surface area contributed by atoms with Crippen LogP contribution in [0.1, 0.15) is 12.8 Å². The molecule has 3 aromatic rings. The van der Waals surface area contributed by atoms with Gasteiger partial charge in [0.05, 0.1) is 29.4 Å². The molecule has 0 bridgehead atoms. The summed E-state index contributed by atoms with van der Waals surface area (Å²) in [7, 11) is -2.99. The second kappa shape index (κ2) is 8.97. The van der Waals surface area contributed by atoms with Gasteiger partial charge in [0, 0.05) is 36.5 Å². The monoisotopic (exact) mass is 442 g/mol. The van der Waals surface area contributed by atoms with Crippen LogP contribution in [0.3, 0.4) is 0 Å². The zero-order valence-corrected chi connectivity index (χ0v) is 17.7. The Morgan fingerprint density at radius 2 is 2.00 bits per heavy atom. The van der Waals surface area contributed by atoms with Gasteiger partial charge in [-0.15, -0.1) is 0 Å². The quantitative estimate of drug-likeness (QED) is 0.607. The van der Waals surface area contributed by atoms with Gasteiger partial charge in [0.1, 0.15) is 5.82 Å². The number of pyridine rings is 1. The van der Waals surface area contributed by atoms with Crippen LogP contribution < -0.4 is 5.32 Å². The Labute approximate surface area is 180 Å². The summed E-state index contributed by atoms with van der Waals surface area (Å²) >= 11 is 0. The number of carbonyl (C=O) groups is 1. The van der Waals surface area contributed by atoms with Crippen molar-refractivity contribution in [1.82, 2.24) is 20.1 Å². The molecule has 2 aromatic heterocycles. The molecule has 162 valence electrons. The maximum absolute atomic E-state index is 13.3. The highest BCUT2D eigenvalue weighted by Gasteiger charge is 2.29. The van der Waals surface area contributed by atoms with Crippen molar-refractivity contribution in [1.29, 1.82) is 0 Å². The molecule has 31 heavy (non-hydrogen) atoms. The second-order valence-electron chi connectivity index (χ2n) is 7.71. The fourth-order valence-electron chi connectivity index (χ4n) is 3.76. The van der Waals surface area contributed by atoms with Crippen molar-refractivity contribution in [3.05, 3.63) is 60.7 Å². The van der Waals surface area contributed by atoms with E-state index in [1.807, 2.05) is 18.2 Å². The van der Waals surface area contributed by atoms with Crippen molar-refractivity contribution >= 4 is 15.7 Å². The van der Waals surface area contributed by atoms with Gasteiger partial charge in [-0.2, -0.15) is 5.10 Å². The summed E-state index contributed by atoms with van der Waals surface area (Å²) in [5.41, 5.74) is 3.20. The molecule has 3 heterocycles. The number of rotatable bonds is 7. The number of sulfone groups is 1. The number of nitrogens with zero attached hydrogens (tertiary/aromatic N) is 3. The van der Waals surface area contributed by atoms with Crippen molar-refractivity contribution in [3.8, 4) is 22.5 Å². The summed E-state index contributed by atoms with van der Waals surface area (Å²) in [4.78, 5) is 16.4. The molecule has 1 saturated heterocycles. The highest BCUT2D eigenvalue weighted by Crippen LogP contribution is 2.26. The summed E-state index contributed by atoms with van der Waals surface area (Å²) in [6.45, 7) is 0.788. The van der Waals surface area contributed by atoms with E-state index in [0.29, 0.717) is 25.2 Å². The van der Waals surface area contributed by atoms with Crippen LogP contribution in [-0.4, -0.2) is 47.1 Å². The van der Waals surface area contributed by atoms with Crippen LogP contribution in [0.4, 0.5) is 4.39 Å². The summed E-state index contributed by atoms with van der Waals surface area (Å²) < 4.78 is 38.2. The number of hydrogen-bond donors (Lipinski definition) is 1. The number of benzene rings is 1. The normalized spacial score (nSPS) is 17.5. The molecule has 0 spiro atoms.